The molecule has 1 aromatic carbocycles. The van der Waals surface area contributed by atoms with E-state index in [0.717, 1.165) is 10.9 Å². The number of esters is 3. The van der Waals surface area contributed by atoms with Gasteiger partial charge in [-0.3, -0.25) is 29.1 Å². The number of fused-ring (bicyclic) bond motifs is 1. The van der Waals surface area contributed by atoms with Crippen LogP contribution >= 0.6 is 11.8 Å². The summed E-state index contributed by atoms with van der Waals surface area (Å²) in [5.74, 6) is -1.09. The Morgan fingerprint density at radius 1 is 0.850 bits per heavy atom. The molecular weight excluding hydrogens is 542 g/mol. The summed E-state index contributed by atoms with van der Waals surface area (Å²) in [6.07, 6.45) is -3.14. The number of aryl methyl sites for hydroxylation is 1. The molecule has 4 atom stereocenters. The quantitative estimate of drug-likeness (QED) is 0.213. The molecule has 0 spiro atoms. The highest BCUT2D eigenvalue weighted by Gasteiger charge is 2.48. The summed E-state index contributed by atoms with van der Waals surface area (Å²) < 4.78 is 28.9. The van der Waals surface area contributed by atoms with Crippen molar-refractivity contribution in [1.29, 1.82) is 0 Å². The molecule has 0 radical (unpaired) electrons. The summed E-state index contributed by atoms with van der Waals surface area (Å²) >= 11 is 1.25. The van der Waals surface area contributed by atoms with Gasteiger partial charge in [0, 0.05) is 23.3 Å². The standard InChI is InChI=1S/C27H37N3O9S/c1-16-10-21(31)36-19-11-17(8-9-18(16)19)35-27-26(39-24(34)14-30(6)7)25(38-23(33)13-29(4)5)20(15-40-27)37-22(32)12-28(2)3/h8-11,20,25-27H,12-15H2,1-7H3/t20-,25+,26-,27+/m1/s1. The summed E-state index contributed by atoms with van der Waals surface area (Å²) in [6, 6.07) is 6.47. The Balaban J connectivity index is 1.95. The van der Waals surface area contributed by atoms with Crippen LogP contribution < -0.4 is 10.4 Å². The van der Waals surface area contributed by atoms with E-state index in [4.69, 9.17) is 23.4 Å². The topological polar surface area (TPSA) is 128 Å². The van der Waals surface area contributed by atoms with E-state index in [9.17, 15) is 19.2 Å². The lowest BCUT2D eigenvalue weighted by atomic mass is 10.1. The average Bonchev–Trinajstić information content (AvgIpc) is 2.80. The predicted molar refractivity (Wildman–Crippen MR) is 149 cm³/mol. The lowest BCUT2D eigenvalue weighted by Gasteiger charge is -2.40. The zero-order chi connectivity index (χ0) is 29.6. The normalized spacial score (nSPS) is 21.1. The number of carbonyl (C=O) groups excluding carboxylic acids is 3. The molecule has 0 bridgehead atoms. The van der Waals surface area contributed by atoms with Crippen LogP contribution in [0.2, 0.25) is 0 Å². The van der Waals surface area contributed by atoms with Gasteiger partial charge in [-0.25, -0.2) is 4.79 Å². The first kappa shape index (κ1) is 31.4. The molecule has 0 amide bonds. The molecule has 3 rings (SSSR count). The van der Waals surface area contributed by atoms with Gasteiger partial charge >= 0.3 is 23.5 Å². The Hall–Kier alpha value is -3.13. The van der Waals surface area contributed by atoms with Gasteiger partial charge in [0.15, 0.2) is 23.7 Å². The van der Waals surface area contributed by atoms with Crippen molar-refractivity contribution >= 4 is 40.6 Å². The molecule has 1 saturated heterocycles. The maximum Gasteiger partial charge on any atom is 0.336 e. The van der Waals surface area contributed by atoms with Crippen molar-refractivity contribution in [3.05, 3.63) is 40.2 Å². The van der Waals surface area contributed by atoms with E-state index in [-0.39, 0.29) is 25.4 Å². The van der Waals surface area contributed by atoms with Gasteiger partial charge < -0.3 is 23.4 Å². The van der Waals surface area contributed by atoms with Gasteiger partial charge in [-0.1, -0.05) is 0 Å². The summed E-state index contributed by atoms with van der Waals surface area (Å²) in [6.45, 7) is 1.76. The molecule has 1 aromatic heterocycles. The molecule has 0 saturated carbocycles. The number of rotatable bonds is 11. The van der Waals surface area contributed by atoms with Crippen molar-refractivity contribution in [2.75, 3.05) is 67.7 Å². The molecule has 0 N–H and O–H groups in total. The Morgan fingerprint density at radius 3 is 1.98 bits per heavy atom. The molecule has 2 aromatic rings. The van der Waals surface area contributed by atoms with Crippen LogP contribution in [0.4, 0.5) is 0 Å². The lowest BCUT2D eigenvalue weighted by molar-refractivity contribution is -0.190. The predicted octanol–water partition coefficient (Wildman–Crippen LogP) is 0.973. The summed E-state index contributed by atoms with van der Waals surface area (Å²) in [5.41, 5.74) is -0.217. The number of thioether (sulfide) groups is 1. The summed E-state index contributed by atoms with van der Waals surface area (Å²) in [5, 5.41) is 0.751. The monoisotopic (exact) mass is 579 g/mol. The van der Waals surface area contributed by atoms with Gasteiger partial charge in [0.25, 0.3) is 0 Å². The Kier molecular flexibility index (Phi) is 11.0. The molecule has 12 nitrogen and oxygen atoms in total. The molecule has 220 valence electrons. The maximum atomic E-state index is 12.8. The minimum Gasteiger partial charge on any atom is -0.476 e. The fourth-order valence-electron chi connectivity index (χ4n) is 4.08. The van der Waals surface area contributed by atoms with Crippen LogP contribution in [-0.4, -0.2) is 124 Å². The van der Waals surface area contributed by atoms with Crippen molar-refractivity contribution in [3.63, 3.8) is 0 Å². The van der Waals surface area contributed by atoms with Crippen molar-refractivity contribution < 1.29 is 37.7 Å². The van der Waals surface area contributed by atoms with Gasteiger partial charge in [-0.15, -0.1) is 11.8 Å². The zero-order valence-electron chi connectivity index (χ0n) is 23.9. The van der Waals surface area contributed by atoms with E-state index in [2.05, 4.69) is 0 Å². The van der Waals surface area contributed by atoms with Crippen LogP contribution in [0.15, 0.2) is 33.5 Å². The molecule has 0 aliphatic carbocycles. The third kappa shape index (κ3) is 8.95. The highest BCUT2D eigenvalue weighted by atomic mass is 32.2. The number of hydrogen-bond acceptors (Lipinski definition) is 13. The third-order valence-electron chi connectivity index (χ3n) is 5.71. The van der Waals surface area contributed by atoms with Crippen molar-refractivity contribution in [2.24, 2.45) is 0 Å². The highest BCUT2D eigenvalue weighted by Crippen LogP contribution is 2.35. The first-order valence-corrected chi connectivity index (χ1v) is 13.7. The van der Waals surface area contributed by atoms with E-state index in [0.29, 0.717) is 11.3 Å². The maximum absolute atomic E-state index is 12.8. The molecule has 40 heavy (non-hydrogen) atoms. The van der Waals surface area contributed by atoms with Gasteiger partial charge in [0.2, 0.25) is 0 Å². The first-order valence-electron chi connectivity index (χ1n) is 12.7. The second-order valence-electron chi connectivity index (χ2n) is 10.4. The molecule has 0 unspecified atom stereocenters. The molecule has 13 heteroatoms. The fourth-order valence-corrected chi connectivity index (χ4v) is 5.30. The second-order valence-corrected chi connectivity index (χ2v) is 11.5. The number of benzene rings is 1. The fraction of sp³-hybridized carbons (Fsp3) is 0.556. The SMILES string of the molecule is Cc1cc(=O)oc2cc(O[C@H]3SC[C@@H](OC(=O)CN(C)C)[C@H](OC(=O)CN(C)C)[C@H]3OC(=O)CN(C)C)ccc12. The van der Waals surface area contributed by atoms with Gasteiger partial charge in [0.1, 0.15) is 11.3 Å². The van der Waals surface area contributed by atoms with Crippen LogP contribution in [0.25, 0.3) is 11.0 Å². The number of likely N-dealkylation sites (N-methyl/N-ethyl adjacent to an activating group) is 3. The largest absolute Gasteiger partial charge is 0.476 e. The van der Waals surface area contributed by atoms with Gasteiger partial charge in [0.05, 0.1) is 19.6 Å². The van der Waals surface area contributed by atoms with E-state index >= 15 is 0 Å². The van der Waals surface area contributed by atoms with E-state index in [1.807, 2.05) is 0 Å². The number of nitrogens with zero attached hydrogens (tertiary/aromatic N) is 3. The Morgan fingerprint density at radius 2 is 1.40 bits per heavy atom. The highest BCUT2D eigenvalue weighted by molar-refractivity contribution is 7.99. The zero-order valence-corrected chi connectivity index (χ0v) is 24.7. The number of ether oxygens (including phenoxy) is 4. The number of hydrogen-bond donors (Lipinski definition) is 0. The van der Waals surface area contributed by atoms with Gasteiger partial charge in [-0.2, -0.15) is 0 Å². The third-order valence-corrected chi connectivity index (χ3v) is 6.93. The van der Waals surface area contributed by atoms with E-state index in [1.54, 1.807) is 82.1 Å². The molecular formula is C27H37N3O9S. The van der Waals surface area contributed by atoms with Crippen LogP contribution in [-0.2, 0) is 28.6 Å². The Labute approximate surface area is 237 Å². The Bertz CT molecular complexity index is 1260. The molecule has 1 aliphatic rings. The molecule has 1 aliphatic heterocycles. The smallest absolute Gasteiger partial charge is 0.336 e. The van der Waals surface area contributed by atoms with Crippen LogP contribution in [0.1, 0.15) is 5.56 Å². The van der Waals surface area contributed by atoms with Crippen molar-refractivity contribution in [1.82, 2.24) is 14.7 Å². The van der Waals surface area contributed by atoms with Crippen LogP contribution in [0.3, 0.4) is 0 Å². The van der Waals surface area contributed by atoms with Gasteiger partial charge in [-0.05, 0) is 66.9 Å². The lowest BCUT2D eigenvalue weighted by Crippen LogP contribution is -2.57. The van der Waals surface area contributed by atoms with Crippen LogP contribution in [0, 0.1) is 6.92 Å². The second kappa shape index (κ2) is 14.0. The van der Waals surface area contributed by atoms with Crippen molar-refractivity contribution in [2.45, 2.75) is 30.7 Å². The minimum atomic E-state index is -1.13. The summed E-state index contributed by atoms with van der Waals surface area (Å²) in [4.78, 5) is 55.0. The van der Waals surface area contributed by atoms with E-state index in [1.165, 1.54) is 17.8 Å². The van der Waals surface area contributed by atoms with E-state index < -0.39 is 47.3 Å². The number of carbonyl (C=O) groups is 3. The summed E-state index contributed by atoms with van der Waals surface area (Å²) in [7, 11) is 10.3. The average molecular weight is 580 g/mol. The molecule has 1 fully saturated rings. The molecule has 2 heterocycles. The van der Waals surface area contributed by atoms with Crippen LogP contribution in [0.5, 0.6) is 5.75 Å². The minimum absolute atomic E-state index is 0.0201. The first-order chi connectivity index (χ1) is 18.8. The van der Waals surface area contributed by atoms with Crippen molar-refractivity contribution in [3.8, 4) is 5.75 Å².